The van der Waals surface area contributed by atoms with E-state index in [0.29, 0.717) is 47.7 Å². The summed E-state index contributed by atoms with van der Waals surface area (Å²) in [4.78, 5) is 9.17. The zero-order valence-corrected chi connectivity index (χ0v) is 17.0. The van der Waals surface area contributed by atoms with Crippen LogP contribution in [0, 0.1) is 0 Å². The summed E-state index contributed by atoms with van der Waals surface area (Å²) < 4.78 is 12.8. The lowest BCUT2D eigenvalue weighted by Gasteiger charge is -2.19. The fourth-order valence-corrected chi connectivity index (χ4v) is 3.82. The first kappa shape index (κ1) is 19.6. The largest absolute Gasteiger partial charge is 0.490 e. The third kappa shape index (κ3) is 3.65. The smallest absolute Gasteiger partial charge is 0.199 e. The summed E-state index contributed by atoms with van der Waals surface area (Å²) in [6.07, 6.45) is 4.95. The Bertz CT molecular complexity index is 999. The van der Waals surface area contributed by atoms with Gasteiger partial charge >= 0.3 is 0 Å². The van der Waals surface area contributed by atoms with Crippen molar-refractivity contribution in [2.24, 2.45) is 0 Å². The molecule has 3 aromatic heterocycles. The monoisotopic (exact) mass is 401 g/mol. The summed E-state index contributed by atoms with van der Waals surface area (Å²) in [5.74, 6) is 1.27. The Morgan fingerprint density at radius 2 is 2.24 bits per heavy atom. The maximum absolute atomic E-state index is 10.6. The minimum Gasteiger partial charge on any atom is -0.490 e. The quantitative estimate of drug-likeness (QED) is 0.541. The lowest BCUT2D eigenvalue weighted by molar-refractivity contribution is 0.0753. The van der Waals surface area contributed by atoms with E-state index >= 15 is 0 Å². The fourth-order valence-electron chi connectivity index (χ4n) is 3.82. The van der Waals surface area contributed by atoms with Gasteiger partial charge < -0.3 is 25.5 Å². The first-order valence-corrected chi connectivity index (χ1v) is 9.96. The minimum atomic E-state index is -1.18. The van der Waals surface area contributed by atoms with E-state index in [1.807, 2.05) is 11.5 Å². The maximum atomic E-state index is 10.6. The predicted octanol–water partition coefficient (Wildman–Crippen LogP) is 1.83. The average molecular weight is 401 g/mol. The number of hydrogen-bond donors (Lipinski definition) is 3. The van der Waals surface area contributed by atoms with E-state index in [4.69, 9.17) is 20.1 Å². The third-order valence-corrected chi connectivity index (χ3v) is 5.24. The highest BCUT2D eigenvalue weighted by Crippen LogP contribution is 2.36. The number of aliphatic hydroxyl groups is 1. The summed E-state index contributed by atoms with van der Waals surface area (Å²) in [6, 6.07) is 0.488. The van der Waals surface area contributed by atoms with Gasteiger partial charge in [-0.1, -0.05) is 0 Å². The average Bonchev–Trinajstić information content (AvgIpc) is 3.39. The number of ether oxygens (including phenoxy) is 1. The summed E-state index contributed by atoms with van der Waals surface area (Å²) in [6.45, 7) is 7.57. The van der Waals surface area contributed by atoms with Crippen LogP contribution in [0.4, 0.5) is 5.82 Å². The Labute approximate surface area is 168 Å². The van der Waals surface area contributed by atoms with Gasteiger partial charge in [0.1, 0.15) is 16.6 Å². The standard InChI is InChI=1S/C19H27N7O3/c1-4-26-15-12(28-9-7-11-6-5-8-21-11)10-22-16(19(2,3)27)13(15)23-18(26)14-17(20)25-29-24-14/h10-11,21,27H,4-9H2,1-3H3,(H2,20,25)/t11-/m0/s1. The highest BCUT2D eigenvalue weighted by atomic mass is 16.6. The molecule has 3 aromatic rings. The Morgan fingerprint density at radius 1 is 1.41 bits per heavy atom. The van der Waals surface area contributed by atoms with Crippen LogP contribution in [0.25, 0.3) is 22.6 Å². The number of rotatable bonds is 7. The van der Waals surface area contributed by atoms with Crippen molar-refractivity contribution in [2.75, 3.05) is 18.9 Å². The Morgan fingerprint density at radius 3 is 2.86 bits per heavy atom. The van der Waals surface area contributed by atoms with Crippen LogP contribution in [0.5, 0.6) is 5.75 Å². The molecule has 10 heteroatoms. The van der Waals surface area contributed by atoms with Crippen molar-refractivity contribution < 1.29 is 14.5 Å². The zero-order valence-electron chi connectivity index (χ0n) is 17.0. The molecule has 1 aliphatic rings. The molecule has 0 spiro atoms. The first-order valence-electron chi connectivity index (χ1n) is 9.96. The van der Waals surface area contributed by atoms with Crippen molar-refractivity contribution in [3.8, 4) is 17.3 Å². The van der Waals surface area contributed by atoms with Crippen LogP contribution in [0.3, 0.4) is 0 Å². The summed E-state index contributed by atoms with van der Waals surface area (Å²) in [5.41, 5.74) is 6.84. The van der Waals surface area contributed by atoms with Gasteiger partial charge in [-0.2, -0.15) is 0 Å². The molecule has 4 N–H and O–H groups in total. The number of imidazole rings is 1. The Hall–Kier alpha value is -2.72. The van der Waals surface area contributed by atoms with Gasteiger partial charge in [0.25, 0.3) is 0 Å². The van der Waals surface area contributed by atoms with Gasteiger partial charge in [-0.25, -0.2) is 9.61 Å². The number of fused-ring (bicyclic) bond motifs is 1. The zero-order chi connectivity index (χ0) is 20.6. The molecule has 4 rings (SSSR count). The van der Waals surface area contributed by atoms with Crippen LogP contribution >= 0.6 is 0 Å². The lowest BCUT2D eigenvalue weighted by atomic mass is 10.0. The molecule has 1 fully saturated rings. The van der Waals surface area contributed by atoms with Crippen LogP contribution in [-0.4, -0.2) is 49.1 Å². The maximum Gasteiger partial charge on any atom is 0.199 e. The molecule has 0 aromatic carbocycles. The molecule has 0 radical (unpaired) electrons. The fraction of sp³-hybridized carbons (Fsp3) is 0.579. The summed E-state index contributed by atoms with van der Waals surface area (Å²) in [5, 5.41) is 21.7. The topological polar surface area (TPSA) is 137 Å². The molecule has 0 bridgehead atoms. The number of hydrogen-bond acceptors (Lipinski definition) is 9. The molecule has 4 heterocycles. The molecule has 0 unspecified atom stereocenters. The second-order valence-electron chi connectivity index (χ2n) is 7.84. The van der Waals surface area contributed by atoms with Crippen molar-refractivity contribution in [3.05, 3.63) is 11.9 Å². The van der Waals surface area contributed by atoms with Crippen LogP contribution in [0.2, 0.25) is 0 Å². The van der Waals surface area contributed by atoms with Crippen molar-refractivity contribution in [2.45, 2.75) is 58.2 Å². The van der Waals surface area contributed by atoms with Gasteiger partial charge in [0.05, 0.1) is 18.5 Å². The molecule has 10 nitrogen and oxygen atoms in total. The molecule has 1 aliphatic heterocycles. The van der Waals surface area contributed by atoms with Gasteiger partial charge in [0, 0.05) is 12.6 Å². The van der Waals surface area contributed by atoms with Crippen LogP contribution in [0.15, 0.2) is 10.8 Å². The number of aryl methyl sites for hydroxylation is 1. The van der Waals surface area contributed by atoms with E-state index in [9.17, 15) is 5.11 Å². The van der Waals surface area contributed by atoms with Crippen molar-refractivity contribution in [1.29, 1.82) is 0 Å². The number of nitrogens with two attached hydrogens (primary N) is 1. The van der Waals surface area contributed by atoms with Gasteiger partial charge in [-0.05, 0) is 56.9 Å². The normalized spacial score (nSPS) is 17.3. The molecule has 0 aliphatic carbocycles. The highest BCUT2D eigenvalue weighted by molar-refractivity contribution is 5.88. The van der Waals surface area contributed by atoms with Crippen molar-refractivity contribution >= 4 is 16.9 Å². The molecule has 156 valence electrons. The lowest BCUT2D eigenvalue weighted by Crippen LogP contribution is -2.23. The minimum absolute atomic E-state index is 0.155. The first-order chi connectivity index (χ1) is 13.9. The van der Waals surface area contributed by atoms with E-state index in [-0.39, 0.29) is 5.82 Å². The van der Waals surface area contributed by atoms with Gasteiger partial charge in [-0.15, -0.1) is 0 Å². The molecular weight excluding hydrogens is 374 g/mol. The summed E-state index contributed by atoms with van der Waals surface area (Å²) >= 11 is 0. The number of aromatic nitrogens is 5. The molecule has 29 heavy (non-hydrogen) atoms. The number of pyridine rings is 1. The van der Waals surface area contributed by atoms with Crippen LogP contribution in [0.1, 0.15) is 45.7 Å². The number of nitrogens with one attached hydrogen (secondary N) is 1. The van der Waals surface area contributed by atoms with Crippen LogP contribution < -0.4 is 15.8 Å². The van der Waals surface area contributed by atoms with E-state index in [0.717, 1.165) is 18.5 Å². The van der Waals surface area contributed by atoms with Crippen molar-refractivity contribution in [1.82, 2.24) is 30.2 Å². The number of anilines is 1. The van der Waals surface area contributed by atoms with Gasteiger partial charge in [0.15, 0.2) is 23.1 Å². The van der Waals surface area contributed by atoms with Gasteiger partial charge in [0.2, 0.25) is 0 Å². The Balaban J connectivity index is 1.79. The second-order valence-corrected chi connectivity index (χ2v) is 7.84. The van der Waals surface area contributed by atoms with Crippen molar-refractivity contribution in [3.63, 3.8) is 0 Å². The SMILES string of the molecule is CCn1c(-c2nonc2N)nc2c(C(C)(C)O)ncc(OCC[C@@H]3CCCN3)c21. The molecular formula is C19H27N7O3. The number of nitrogens with zero attached hydrogens (tertiary/aromatic N) is 5. The van der Waals surface area contributed by atoms with E-state index < -0.39 is 5.60 Å². The highest BCUT2D eigenvalue weighted by Gasteiger charge is 2.29. The van der Waals surface area contributed by atoms with Gasteiger partial charge in [-0.3, -0.25) is 4.98 Å². The third-order valence-electron chi connectivity index (χ3n) is 5.24. The molecule has 1 atom stereocenters. The summed E-state index contributed by atoms with van der Waals surface area (Å²) in [7, 11) is 0. The predicted molar refractivity (Wildman–Crippen MR) is 107 cm³/mol. The van der Waals surface area contributed by atoms with E-state index in [2.05, 4.69) is 20.6 Å². The molecule has 0 amide bonds. The molecule has 0 saturated carbocycles. The number of nitrogen functional groups attached to an aromatic ring is 1. The van der Waals surface area contributed by atoms with E-state index in [1.165, 1.54) is 12.8 Å². The Kier molecular flexibility index (Phi) is 5.13. The second kappa shape index (κ2) is 7.60. The van der Waals surface area contributed by atoms with E-state index in [1.54, 1.807) is 20.0 Å². The van der Waals surface area contributed by atoms with Crippen LogP contribution in [-0.2, 0) is 12.1 Å². The molecule has 1 saturated heterocycles.